The van der Waals surface area contributed by atoms with Gasteiger partial charge in [0.25, 0.3) is 0 Å². The molecule has 2 fully saturated rings. The largest absolute Gasteiger partial charge is 0.356 e. The number of fused-ring (bicyclic) bond motifs is 1. The van der Waals surface area contributed by atoms with Crippen LogP contribution in [0.5, 0.6) is 0 Å². The third kappa shape index (κ3) is 4.84. The predicted octanol–water partition coefficient (Wildman–Crippen LogP) is 1.65. The van der Waals surface area contributed by atoms with Gasteiger partial charge in [-0.2, -0.15) is 0 Å². The Bertz CT molecular complexity index is 1230. The van der Waals surface area contributed by atoms with Gasteiger partial charge in [0, 0.05) is 66.3 Å². The summed E-state index contributed by atoms with van der Waals surface area (Å²) in [5.74, 6) is 1.32. The second-order valence-corrected chi connectivity index (χ2v) is 9.82. The van der Waals surface area contributed by atoms with Gasteiger partial charge in [-0.25, -0.2) is 9.98 Å². The third-order valence-corrected chi connectivity index (χ3v) is 7.48. The van der Waals surface area contributed by atoms with Crippen molar-refractivity contribution in [2.45, 2.75) is 56.5 Å². The Morgan fingerprint density at radius 3 is 2.86 bits per heavy atom. The van der Waals surface area contributed by atoms with Gasteiger partial charge < -0.3 is 35.9 Å². The van der Waals surface area contributed by atoms with Crippen LogP contribution in [0, 0.1) is 0 Å². The lowest BCUT2D eigenvalue weighted by atomic mass is 9.92. The molecule has 9 nitrogen and oxygen atoms in total. The highest BCUT2D eigenvalue weighted by atomic mass is 16.3. The van der Waals surface area contributed by atoms with Crippen molar-refractivity contribution in [3.05, 3.63) is 64.7 Å². The fourth-order valence-electron chi connectivity index (χ4n) is 5.54. The molecule has 0 amide bonds. The molecule has 4 atom stereocenters. The standard InChI is InChI=1S/C26H34N8O/c35-26-33-24-19(14-23(32-24)18-8-10-27-15-18)16-34(26)21-6-4-17(5-7-21)22-3-1-2-20(31-22)9-11-28-25-29-12-13-30-25/h4-7,12-14,16,18,20,22,26-27,31,35H,1-3,8-11,15H2,(H,32,33)(H2,28,29,30)/t18?,20-,22-,26?/m0/s1. The van der Waals surface area contributed by atoms with Crippen molar-refractivity contribution in [2.24, 2.45) is 4.99 Å². The van der Waals surface area contributed by atoms with Gasteiger partial charge in [0.05, 0.1) is 0 Å². The number of piperidine rings is 1. The highest BCUT2D eigenvalue weighted by Crippen LogP contribution is 2.29. The quantitative estimate of drug-likeness (QED) is 0.310. The minimum absolute atomic E-state index is 0.352. The topological polar surface area (TPSA) is 116 Å². The molecule has 1 aromatic carbocycles. The monoisotopic (exact) mass is 474 g/mol. The highest BCUT2D eigenvalue weighted by molar-refractivity contribution is 5.60. The molecule has 9 heteroatoms. The maximum absolute atomic E-state index is 10.7. The van der Waals surface area contributed by atoms with Gasteiger partial charge in [0.1, 0.15) is 5.49 Å². The van der Waals surface area contributed by atoms with Crippen LogP contribution in [-0.4, -0.2) is 52.1 Å². The summed E-state index contributed by atoms with van der Waals surface area (Å²) in [6.45, 7) is 2.93. The normalized spacial score (nSPS) is 26.1. The molecule has 6 N–H and O–H groups in total. The Hall–Kier alpha value is -3.14. The van der Waals surface area contributed by atoms with Crippen molar-refractivity contribution < 1.29 is 5.11 Å². The van der Waals surface area contributed by atoms with Crippen LogP contribution >= 0.6 is 0 Å². The lowest BCUT2D eigenvalue weighted by Crippen LogP contribution is -2.41. The summed E-state index contributed by atoms with van der Waals surface area (Å²) in [5.41, 5.74) is 4.20. The molecular weight excluding hydrogens is 440 g/mol. The van der Waals surface area contributed by atoms with Crippen LogP contribution in [0.15, 0.2) is 47.7 Å². The summed E-state index contributed by atoms with van der Waals surface area (Å²) in [5, 5.41) is 22.3. The number of H-pyrrole nitrogens is 2. The van der Waals surface area contributed by atoms with E-state index < -0.39 is 6.35 Å². The van der Waals surface area contributed by atoms with Crippen LogP contribution < -0.4 is 31.6 Å². The number of nitrogens with one attached hydrogen (secondary N) is 5. The Kier molecular flexibility index (Phi) is 6.28. The Labute approximate surface area is 204 Å². The molecule has 3 aromatic rings. The molecule has 0 radical (unpaired) electrons. The zero-order chi connectivity index (χ0) is 23.6. The summed E-state index contributed by atoms with van der Waals surface area (Å²) >= 11 is 0. The Morgan fingerprint density at radius 2 is 2.06 bits per heavy atom. The van der Waals surface area contributed by atoms with E-state index in [0.29, 0.717) is 18.0 Å². The fourth-order valence-corrected chi connectivity index (χ4v) is 5.54. The van der Waals surface area contributed by atoms with Gasteiger partial charge in [0.2, 0.25) is 6.35 Å². The summed E-state index contributed by atoms with van der Waals surface area (Å²) in [6, 6.07) is 11.6. The lowest BCUT2D eigenvalue weighted by Gasteiger charge is -2.32. The molecular formula is C26H34N8O. The number of imidazole rings is 1. The zero-order valence-electron chi connectivity index (χ0n) is 19.9. The number of aromatic amines is 2. The first kappa shape index (κ1) is 22.3. The lowest BCUT2D eigenvalue weighted by molar-refractivity contribution is 0.186. The molecule has 3 aliphatic heterocycles. The van der Waals surface area contributed by atoms with Gasteiger partial charge in [-0.3, -0.25) is 0 Å². The van der Waals surface area contributed by atoms with E-state index in [1.165, 1.54) is 24.1 Å². The van der Waals surface area contributed by atoms with Crippen LogP contribution in [0.4, 0.5) is 11.6 Å². The molecule has 35 heavy (non-hydrogen) atoms. The molecule has 0 saturated carbocycles. The number of anilines is 2. The van der Waals surface area contributed by atoms with Crippen molar-refractivity contribution in [1.82, 2.24) is 25.6 Å². The van der Waals surface area contributed by atoms with E-state index in [-0.39, 0.29) is 0 Å². The molecule has 0 aliphatic carbocycles. The van der Waals surface area contributed by atoms with Crippen molar-refractivity contribution in [1.29, 1.82) is 0 Å². The first-order valence-corrected chi connectivity index (χ1v) is 12.8. The smallest absolute Gasteiger partial charge is 0.231 e. The molecule has 5 heterocycles. The molecule has 2 unspecified atom stereocenters. The maximum Gasteiger partial charge on any atom is 0.231 e. The van der Waals surface area contributed by atoms with Crippen molar-refractivity contribution in [2.75, 3.05) is 29.9 Å². The van der Waals surface area contributed by atoms with E-state index in [9.17, 15) is 5.11 Å². The third-order valence-electron chi connectivity index (χ3n) is 7.48. The number of benzene rings is 1. The summed E-state index contributed by atoms with van der Waals surface area (Å²) in [4.78, 5) is 17.1. The average molecular weight is 475 g/mol. The maximum atomic E-state index is 10.7. The van der Waals surface area contributed by atoms with E-state index >= 15 is 0 Å². The van der Waals surface area contributed by atoms with Crippen LogP contribution in [-0.2, 0) is 0 Å². The first-order valence-electron chi connectivity index (χ1n) is 12.8. The van der Waals surface area contributed by atoms with E-state index in [0.717, 1.165) is 61.2 Å². The number of hydrogen-bond donors (Lipinski definition) is 6. The minimum atomic E-state index is -0.930. The molecule has 2 saturated heterocycles. The van der Waals surface area contributed by atoms with E-state index in [1.807, 2.05) is 17.3 Å². The predicted molar refractivity (Wildman–Crippen MR) is 136 cm³/mol. The average Bonchev–Trinajstić information content (AvgIpc) is 3.66. The molecule has 0 bridgehead atoms. The van der Waals surface area contributed by atoms with Crippen LogP contribution in [0.3, 0.4) is 0 Å². The summed E-state index contributed by atoms with van der Waals surface area (Å²) < 4.78 is 0. The number of aliphatic hydroxyl groups excluding tert-OH is 1. The molecule has 6 rings (SSSR count). The van der Waals surface area contributed by atoms with Crippen molar-refractivity contribution in [3.8, 4) is 0 Å². The Morgan fingerprint density at radius 1 is 1.14 bits per heavy atom. The second kappa shape index (κ2) is 9.85. The van der Waals surface area contributed by atoms with Crippen molar-refractivity contribution >= 4 is 17.8 Å². The fraction of sp³-hybridized carbons (Fsp3) is 0.462. The summed E-state index contributed by atoms with van der Waals surface area (Å²) in [7, 11) is 0. The number of rotatable bonds is 7. The van der Waals surface area contributed by atoms with Crippen molar-refractivity contribution in [3.63, 3.8) is 0 Å². The molecule has 2 aromatic heterocycles. The van der Waals surface area contributed by atoms with Crippen LogP contribution in [0.2, 0.25) is 0 Å². The van der Waals surface area contributed by atoms with Crippen LogP contribution in [0.25, 0.3) is 6.20 Å². The number of hydrogen-bond acceptors (Lipinski definition) is 7. The molecule has 3 aliphatic rings. The van der Waals surface area contributed by atoms with Gasteiger partial charge in [-0.05, 0) is 56.0 Å². The van der Waals surface area contributed by atoms with Gasteiger partial charge in [0.15, 0.2) is 5.95 Å². The number of nitrogens with zero attached hydrogens (tertiary/aromatic N) is 3. The minimum Gasteiger partial charge on any atom is -0.356 e. The van der Waals surface area contributed by atoms with Gasteiger partial charge >= 0.3 is 0 Å². The van der Waals surface area contributed by atoms with E-state index in [2.05, 4.69) is 66.2 Å². The van der Waals surface area contributed by atoms with Crippen LogP contribution in [0.1, 0.15) is 55.3 Å². The van der Waals surface area contributed by atoms with E-state index in [1.54, 1.807) is 6.20 Å². The number of aromatic nitrogens is 3. The molecule has 0 spiro atoms. The number of aliphatic hydroxyl groups is 1. The van der Waals surface area contributed by atoms with Gasteiger partial charge in [-0.1, -0.05) is 18.6 Å². The first-order chi connectivity index (χ1) is 17.2. The summed E-state index contributed by atoms with van der Waals surface area (Å²) in [6.07, 6.45) is 10.4. The molecule has 184 valence electrons. The second-order valence-electron chi connectivity index (χ2n) is 9.82. The van der Waals surface area contributed by atoms with Gasteiger partial charge in [-0.15, -0.1) is 0 Å². The zero-order valence-corrected chi connectivity index (χ0v) is 19.9. The Balaban J connectivity index is 1.11. The highest BCUT2D eigenvalue weighted by Gasteiger charge is 2.24. The SMILES string of the molecule is OC1N=c2[nH]c(C3CCNC3)cc2=CN1c1ccc([C@@H]2CCC[C@@H](CCNc3ncc[nH]3)N2)cc1. The van der Waals surface area contributed by atoms with E-state index in [4.69, 9.17) is 0 Å².